The SMILES string of the molecule is CC(NC(=O)c1cnccc1N)c1cnn(C)c1. The van der Waals surface area contributed by atoms with Gasteiger partial charge < -0.3 is 11.1 Å². The number of amides is 1. The lowest BCUT2D eigenvalue weighted by atomic mass is 10.1. The average Bonchev–Trinajstić information content (AvgIpc) is 2.76. The summed E-state index contributed by atoms with van der Waals surface area (Å²) in [6, 6.07) is 1.47. The number of rotatable bonds is 3. The lowest BCUT2D eigenvalue weighted by Gasteiger charge is -2.12. The van der Waals surface area contributed by atoms with Crippen molar-refractivity contribution in [2.24, 2.45) is 7.05 Å². The molecule has 2 aromatic heterocycles. The number of carbonyl (C=O) groups is 1. The normalized spacial score (nSPS) is 12.1. The second kappa shape index (κ2) is 4.87. The van der Waals surface area contributed by atoms with Crippen molar-refractivity contribution in [1.82, 2.24) is 20.1 Å². The highest BCUT2D eigenvalue weighted by molar-refractivity contribution is 5.98. The predicted molar refractivity (Wildman–Crippen MR) is 67.7 cm³/mol. The van der Waals surface area contributed by atoms with E-state index in [1.807, 2.05) is 20.2 Å². The van der Waals surface area contributed by atoms with Gasteiger partial charge in [0.2, 0.25) is 0 Å². The molecule has 0 aliphatic heterocycles. The molecule has 0 fully saturated rings. The molecular formula is C12H15N5O. The molecule has 0 spiro atoms. The summed E-state index contributed by atoms with van der Waals surface area (Å²) >= 11 is 0. The van der Waals surface area contributed by atoms with Crippen LogP contribution in [0.2, 0.25) is 0 Å². The third-order valence-electron chi connectivity index (χ3n) is 2.67. The molecule has 1 unspecified atom stereocenters. The Kier molecular flexibility index (Phi) is 3.27. The molecule has 0 bridgehead atoms. The van der Waals surface area contributed by atoms with Crippen LogP contribution in [0.4, 0.5) is 5.69 Å². The quantitative estimate of drug-likeness (QED) is 0.840. The van der Waals surface area contributed by atoms with Crippen molar-refractivity contribution >= 4 is 11.6 Å². The summed E-state index contributed by atoms with van der Waals surface area (Å²) in [5.74, 6) is -0.239. The van der Waals surface area contributed by atoms with Crippen molar-refractivity contribution in [3.05, 3.63) is 42.0 Å². The average molecular weight is 245 g/mol. The molecule has 3 N–H and O–H groups in total. The Balaban J connectivity index is 2.10. The van der Waals surface area contributed by atoms with E-state index in [0.29, 0.717) is 11.3 Å². The minimum atomic E-state index is -0.239. The number of aryl methyl sites for hydroxylation is 1. The van der Waals surface area contributed by atoms with Gasteiger partial charge in [-0.3, -0.25) is 14.5 Å². The molecule has 1 atom stereocenters. The van der Waals surface area contributed by atoms with Crippen molar-refractivity contribution in [2.45, 2.75) is 13.0 Å². The van der Waals surface area contributed by atoms with E-state index in [1.165, 1.54) is 6.20 Å². The zero-order chi connectivity index (χ0) is 13.1. The fourth-order valence-corrected chi connectivity index (χ4v) is 1.62. The summed E-state index contributed by atoms with van der Waals surface area (Å²) < 4.78 is 1.69. The fraction of sp³-hybridized carbons (Fsp3) is 0.250. The summed E-state index contributed by atoms with van der Waals surface area (Å²) in [6.07, 6.45) is 6.59. The summed E-state index contributed by atoms with van der Waals surface area (Å²) in [5, 5.41) is 6.92. The van der Waals surface area contributed by atoms with E-state index in [0.717, 1.165) is 5.56 Å². The molecule has 6 heteroatoms. The monoisotopic (exact) mass is 245 g/mol. The number of nitrogen functional groups attached to an aromatic ring is 1. The van der Waals surface area contributed by atoms with Gasteiger partial charge in [0, 0.05) is 36.9 Å². The van der Waals surface area contributed by atoms with E-state index < -0.39 is 0 Å². The van der Waals surface area contributed by atoms with Gasteiger partial charge in [-0.1, -0.05) is 0 Å². The van der Waals surface area contributed by atoms with E-state index >= 15 is 0 Å². The van der Waals surface area contributed by atoms with Crippen LogP contribution in [0.5, 0.6) is 0 Å². The Morgan fingerprint density at radius 2 is 2.28 bits per heavy atom. The number of aromatic nitrogens is 3. The lowest BCUT2D eigenvalue weighted by molar-refractivity contribution is 0.0940. The van der Waals surface area contributed by atoms with Crippen LogP contribution in [0.3, 0.4) is 0 Å². The van der Waals surface area contributed by atoms with E-state index in [4.69, 9.17) is 5.73 Å². The van der Waals surface area contributed by atoms with Gasteiger partial charge in [-0.15, -0.1) is 0 Å². The zero-order valence-electron chi connectivity index (χ0n) is 10.3. The van der Waals surface area contributed by atoms with Crippen molar-refractivity contribution in [3.8, 4) is 0 Å². The molecule has 6 nitrogen and oxygen atoms in total. The van der Waals surface area contributed by atoms with Crippen LogP contribution in [-0.4, -0.2) is 20.7 Å². The molecule has 0 radical (unpaired) electrons. The first-order valence-electron chi connectivity index (χ1n) is 5.57. The molecule has 2 heterocycles. The summed E-state index contributed by atoms with van der Waals surface area (Å²) in [5.41, 5.74) is 7.46. The number of hydrogen-bond donors (Lipinski definition) is 2. The first kappa shape index (κ1) is 12.1. The molecule has 18 heavy (non-hydrogen) atoms. The highest BCUT2D eigenvalue weighted by atomic mass is 16.1. The fourth-order valence-electron chi connectivity index (χ4n) is 1.62. The summed E-state index contributed by atoms with van der Waals surface area (Å²) in [7, 11) is 1.83. The Bertz CT molecular complexity index is 563. The van der Waals surface area contributed by atoms with E-state index in [9.17, 15) is 4.79 Å². The van der Waals surface area contributed by atoms with Crippen molar-refractivity contribution < 1.29 is 4.79 Å². The molecule has 2 rings (SSSR count). The third kappa shape index (κ3) is 2.48. The first-order valence-corrected chi connectivity index (χ1v) is 5.57. The molecule has 2 aromatic rings. The Morgan fingerprint density at radius 1 is 1.50 bits per heavy atom. The number of nitrogens with zero attached hydrogens (tertiary/aromatic N) is 3. The standard InChI is InChI=1S/C12H15N5O/c1-8(9-5-15-17(2)7-9)16-12(18)10-6-14-4-3-11(10)13/h3-8H,1-2H3,(H2,13,14)(H,16,18). The lowest BCUT2D eigenvalue weighted by Crippen LogP contribution is -2.27. The molecule has 94 valence electrons. The van der Waals surface area contributed by atoms with Crippen LogP contribution in [-0.2, 0) is 7.05 Å². The Hall–Kier alpha value is -2.37. The van der Waals surface area contributed by atoms with Gasteiger partial charge in [0.15, 0.2) is 0 Å². The maximum atomic E-state index is 12.0. The second-order valence-electron chi connectivity index (χ2n) is 4.11. The van der Waals surface area contributed by atoms with Crippen molar-refractivity contribution in [2.75, 3.05) is 5.73 Å². The van der Waals surface area contributed by atoms with Crippen molar-refractivity contribution in [3.63, 3.8) is 0 Å². The van der Waals surface area contributed by atoms with Crippen molar-refractivity contribution in [1.29, 1.82) is 0 Å². The van der Waals surface area contributed by atoms with Gasteiger partial charge in [0.05, 0.1) is 17.8 Å². The zero-order valence-corrected chi connectivity index (χ0v) is 10.3. The van der Waals surface area contributed by atoms with Gasteiger partial charge in [0.25, 0.3) is 5.91 Å². The molecule has 0 saturated heterocycles. The van der Waals surface area contributed by atoms with E-state index in [2.05, 4.69) is 15.4 Å². The number of carbonyl (C=O) groups excluding carboxylic acids is 1. The van der Waals surface area contributed by atoms with Crippen LogP contribution in [0.1, 0.15) is 28.9 Å². The number of nitrogens with one attached hydrogen (secondary N) is 1. The topological polar surface area (TPSA) is 85.8 Å². The molecule has 0 aliphatic carbocycles. The van der Waals surface area contributed by atoms with Crippen LogP contribution in [0.15, 0.2) is 30.9 Å². The molecule has 0 aromatic carbocycles. The van der Waals surface area contributed by atoms with E-state index in [1.54, 1.807) is 23.1 Å². The third-order valence-corrected chi connectivity index (χ3v) is 2.67. The molecule has 0 aliphatic rings. The van der Waals surface area contributed by atoms with Gasteiger partial charge >= 0.3 is 0 Å². The number of nitrogens with two attached hydrogens (primary N) is 1. The second-order valence-corrected chi connectivity index (χ2v) is 4.11. The Labute approximate surface area is 105 Å². The molecule has 1 amide bonds. The summed E-state index contributed by atoms with van der Waals surface area (Å²) in [6.45, 7) is 1.89. The van der Waals surface area contributed by atoms with Gasteiger partial charge in [-0.05, 0) is 13.0 Å². The molecule has 0 saturated carbocycles. The van der Waals surface area contributed by atoms with Gasteiger partial charge in [0.1, 0.15) is 0 Å². The van der Waals surface area contributed by atoms with E-state index in [-0.39, 0.29) is 11.9 Å². The smallest absolute Gasteiger partial charge is 0.255 e. The maximum Gasteiger partial charge on any atom is 0.255 e. The molecular weight excluding hydrogens is 230 g/mol. The van der Waals surface area contributed by atoms with Crippen LogP contribution < -0.4 is 11.1 Å². The highest BCUT2D eigenvalue weighted by Gasteiger charge is 2.14. The maximum absolute atomic E-state index is 12.0. The van der Waals surface area contributed by atoms with Gasteiger partial charge in [-0.25, -0.2) is 0 Å². The van der Waals surface area contributed by atoms with Crippen LogP contribution in [0.25, 0.3) is 0 Å². The Morgan fingerprint density at radius 3 is 2.89 bits per heavy atom. The number of anilines is 1. The predicted octanol–water partition coefficient (Wildman–Crippen LogP) is 0.888. The van der Waals surface area contributed by atoms with Crippen LogP contribution >= 0.6 is 0 Å². The largest absolute Gasteiger partial charge is 0.398 e. The van der Waals surface area contributed by atoms with Crippen LogP contribution in [0, 0.1) is 0 Å². The first-order chi connectivity index (χ1) is 8.58. The minimum Gasteiger partial charge on any atom is -0.398 e. The van der Waals surface area contributed by atoms with Gasteiger partial charge in [-0.2, -0.15) is 5.10 Å². The number of hydrogen-bond acceptors (Lipinski definition) is 4. The minimum absolute atomic E-state index is 0.134. The highest BCUT2D eigenvalue weighted by Crippen LogP contribution is 2.14. The summed E-state index contributed by atoms with van der Waals surface area (Å²) in [4.78, 5) is 15.9. The number of pyridine rings is 1.